The Morgan fingerprint density at radius 2 is 2.10 bits per heavy atom. The molecule has 0 aliphatic heterocycles. The van der Waals surface area contributed by atoms with Crippen LogP contribution in [0.5, 0.6) is 0 Å². The average Bonchev–Trinajstić information content (AvgIpc) is 2.82. The number of halogens is 2. The molecule has 9 heteroatoms. The second-order valence-electron chi connectivity index (χ2n) is 4.00. The summed E-state index contributed by atoms with van der Waals surface area (Å²) in [5.41, 5.74) is -0.141. The number of benzene rings is 1. The summed E-state index contributed by atoms with van der Waals surface area (Å²) in [5.74, 6) is -1.21. The van der Waals surface area contributed by atoms with Crippen molar-refractivity contribution >= 4 is 54.9 Å². The van der Waals surface area contributed by atoms with Gasteiger partial charge in [0.05, 0.1) is 15.5 Å². The largest absolute Gasteiger partial charge is 0.478 e. The molecule has 0 fully saturated rings. The maximum absolute atomic E-state index is 12.1. The van der Waals surface area contributed by atoms with Crippen molar-refractivity contribution in [3.63, 3.8) is 0 Å². The number of carboxylic acids is 1. The van der Waals surface area contributed by atoms with E-state index in [1.54, 1.807) is 0 Å². The number of hydrogen-bond donors (Lipinski definition) is 2. The van der Waals surface area contributed by atoms with Crippen LogP contribution >= 0.6 is 38.9 Å². The number of carbonyl (C=O) groups is 1. The predicted molar refractivity (Wildman–Crippen MR) is 84.5 cm³/mol. The molecule has 0 radical (unpaired) electrons. The van der Waals surface area contributed by atoms with Crippen molar-refractivity contribution in [2.45, 2.75) is 11.4 Å². The molecule has 1 heterocycles. The van der Waals surface area contributed by atoms with Crippen molar-refractivity contribution in [2.75, 3.05) is 0 Å². The van der Waals surface area contributed by atoms with Crippen LogP contribution in [0.4, 0.5) is 0 Å². The Hall–Kier alpha value is -0.930. The fourth-order valence-corrected chi connectivity index (χ4v) is 4.37. The van der Waals surface area contributed by atoms with E-state index in [2.05, 4.69) is 20.7 Å². The lowest BCUT2D eigenvalue weighted by Gasteiger charge is -2.07. The normalized spacial score (nSPS) is 11.5. The second kappa shape index (κ2) is 6.45. The van der Waals surface area contributed by atoms with Gasteiger partial charge in [-0.25, -0.2) is 17.9 Å². The first-order valence-corrected chi connectivity index (χ1v) is 9.08. The third-order valence-electron chi connectivity index (χ3n) is 2.54. The third kappa shape index (κ3) is 4.04. The lowest BCUT2D eigenvalue weighted by atomic mass is 10.2. The Balaban J connectivity index is 2.19. The SMILES string of the molecule is O=C(O)c1ccc(S(=O)(=O)NCc2cc(Br)cs2)cc1Cl. The van der Waals surface area contributed by atoms with Gasteiger partial charge in [0.1, 0.15) is 0 Å². The van der Waals surface area contributed by atoms with Crippen LogP contribution in [0.25, 0.3) is 0 Å². The van der Waals surface area contributed by atoms with E-state index in [-0.39, 0.29) is 22.0 Å². The molecule has 2 aromatic rings. The zero-order valence-electron chi connectivity index (χ0n) is 10.3. The van der Waals surface area contributed by atoms with Crippen LogP contribution in [-0.2, 0) is 16.6 Å². The fourth-order valence-electron chi connectivity index (χ4n) is 1.53. The van der Waals surface area contributed by atoms with Gasteiger partial charge in [0.2, 0.25) is 10.0 Å². The summed E-state index contributed by atoms with van der Waals surface area (Å²) in [6.45, 7) is 0.150. The topological polar surface area (TPSA) is 83.5 Å². The van der Waals surface area contributed by atoms with Crippen LogP contribution in [0.15, 0.2) is 39.0 Å². The number of aromatic carboxylic acids is 1. The quantitative estimate of drug-likeness (QED) is 0.792. The van der Waals surface area contributed by atoms with Gasteiger partial charge in [0, 0.05) is 21.3 Å². The van der Waals surface area contributed by atoms with Crippen LogP contribution in [0.1, 0.15) is 15.2 Å². The first-order valence-electron chi connectivity index (χ1n) is 5.55. The van der Waals surface area contributed by atoms with E-state index in [9.17, 15) is 13.2 Å². The highest BCUT2D eigenvalue weighted by Crippen LogP contribution is 2.22. The Labute approximate surface area is 138 Å². The lowest BCUT2D eigenvalue weighted by Crippen LogP contribution is -2.23. The van der Waals surface area contributed by atoms with E-state index in [0.29, 0.717) is 0 Å². The molecular formula is C12H9BrClNO4S2. The van der Waals surface area contributed by atoms with Crippen molar-refractivity contribution in [3.8, 4) is 0 Å². The smallest absolute Gasteiger partial charge is 0.337 e. The van der Waals surface area contributed by atoms with Crippen LogP contribution in [-0.4, -0.2) is 19.5 Å². The highest BCUT2D eigenvalue weighted by Gasteiger charge is 2.17. The summed E-state index contributed by atoms with van der Waals surface area (Å²) >= 11 is 10.5. The summed E-state index contributed by atoms with van der Waals surface area (Å²) in [6.07, 6.45) is 0. The molecule has 0 atom stereocenters. The van der Waals surface area contributed by atoms with Crippen molar-refractivity contribution in [1.82, 2.24) is 4.72 Å². The monoisotopic (exact) mass is 409 g/mol. The van der Waals surface area contributed by atoms with Gasteiger partial charge in [-0.3, -0.25) is 0 Å². The number of hydrogen-bond acceptors (Lipinski definition) is 4. The Morgan fingerprint density at radius 1 is 1.38 bits per heavy atom. The van der Waals surface area contributed by atoms with Gasteiger partial charge < -0.3 is 5.11 Å². The first-order chi connectivity index (χ1) is 9.79. The van der Waals surface area contributed by atoms with Gasteiger partial charge in [0.25, 0.3) is 0 Å². The number of carboxylic acid groups (broad SMARTS) is 1. The molecule has 0 unspecified atom stereocenters. The zero-order valence-corrected chi connectivity index (χ0v) is 14.3. The summed E-state index contributed by atoms with van der Waals surface area (Å²) in [5, 5.41) is 10.6. The maximum Gasteiger partial charge on any atom is 0.337 e. The van der Waals surface area contributed by atoms with Gasteiger partial charge in [0.15, 0.2) is 0 Å². The zero-order chi connectivity index (χ0) is 15.6. The molecule has 1 aromatic heterocycles. The maximum atomic E-state index is 12.1. The highest BCUT2D eigenvalue weighted by molar-refractivity contribution is 9.10. The summed E-state index contributed by atoms with van der Waals surface area (Å²) < 4.78 is 27.6. The molecule has 0 saturated carbocycles. The third-order valence-corrected chi connectivity index (χ3v) is 5.95. The van der Waals surface area contributed by atoms with Crippen LogP contribution in [0, 0.1) is 0 Å². The average molecular weight is 411 g/mol. The molecule has 2 N–H and O–H groups in total. The van der Waals surface area contributed by atoms with Crippen molar-refractivity contribution in [2.24, 2.45) is 0 Å². The number of sulfonamides is 1. The van der Waals surface area contributed by atoms with Gasteiger partial charge in [-0.2, -0.15) is 0 Å². The summed E-state index contributed by atoms with van der Waals surface area (Å²) in [6, 6.07) is 5.31. The van der Waals surface area contributed by atoms with E-state index in [1.165, 1.54) is 23.5 Å². The summed E-state index contributed by atoms with van der Waals surface area (Å²) in [7, 11) is -3.75. The van der Waals surface area contributed by atoms with Crippen molar-refractivity contribution in [1.29, 1.82) is 0 Å². The van der Waals surface area contributed by atoms with Gasteiger partial charge in [-0.15, -0.1) is 11.3 Å². The van der Waals surface area contributed by atoms with Gasteiger partial charge in [-0.05, 0) is 40.2 Å². The molecule has 2 rings (SSSR count). The first kappa shape index (κ1) is 16.4. The second-order valence-corrected chi connectivity index (χ2v) is 8.09. The minimum Gasteiger partial charge on any atom is -0.478 e. The van der Waals surface area contributed by atoms with Crippen LogP contribution in [0.2, 0.25) is 5.02 Å². The van der Waals surface area contributed by atoms with E-state index in [1.807, 2.05) is 11.4 Å². The number of thiophene rings is 1. The fraction of sp³-hybridized carbons (Fsp3) is 0.0833. The van der Waals surface area contributed by atoms with Crippen LogP contribution < -0.4 is 4.72 Å². The molecule has 0 aliphatic carbocycles. The summed E-state index contributed by atoms with van der Waals surface area (Å²) in [4.78, 5) is 11.6. The minimum absolute atomic E-state index is 0.0758. The molecule has 0 bridgehead atoms. The van der Waals surface area contributed by atoms with Crippen molar-refractivity contribution in [3.05, 3.63) is 49.6 Å². The van der Waals surface area contributed by atoms with Gasteiger partial charge in [-0.1, -0.05) is 11.6 Å². The van der Waals surface area contributed by atoms with Crippen molar-refractivity contribution < 1.29 is 18.3 Å². The molecular weight excluding hydrogens is 402 g/mol. The van der Waals surface area contributed by atoms with Crippen LogP contribution in [0.3, 0.4) is 0 Å². The molecule has 112 valence electrons. The highest BCUT2D eigenvalue weighted by atomic mass is 79.9. The standard InChI is InChI=1S/C12H9BrClNO4S2/c13-7-3-8(20-6-7)5-15-21(18,19)9-1-2-10(12(16)17)11(14)4-9/h1-4,6,15H,5H2,(H,16,17). The number of nitrogens with one attached hydrogen (secondary N) is 1. The molecule has 21 heavy (non-hydrogen) atoms. The van der Waals surface area contributed by atoms with E-state index < -0.39 is 16.0 Å². The van der Waals surface area contributed by atoms with E-state index >= 15 is 0 Å². The molecule has 0 amide bonds. The Morgan fingerprint density at radius 3 is 2.62 bits per heavy atom. The molecule has 1 aromatic carbocycles. The Kier molecular flexibility index (Phi) is 5.05. The lowest BCUT2D eigenvalue weighted by molar-refractivity contribution is 0.0697. The molecule has 0 spiro atoms. The van der Waals surface area contributed by atoms with Gasteiger partial charge >= 0.3 is 5.97 Å². The Bertz CT molecular complexity index is 788. The molecule has 0 saturated heterocycles. The predicted octanol–water partition coefficient (Wildman–Crippen LogP) is 3.34. The van der Waals surface area contributed by atoms with E-state index in [0.717, 1.165) is 15.4 Å². The molecule has 5 nitrogen and oxygen atoms in total. The minimum atomic E-state index is -3.75. The molecule has 0 aliphatic rings. The van der Waals surface area contributed by atoms with E-state index in [4.69, 9.17) is 16.7 Å². The number of rotatable bonds is 5.